The largest absolute Gasteiger partial charge is 0.464 e. The second-order valence-electron chi connectivity index (χ2n) is 3.67. The van der Waals surface area contributed by atoms with E-state index in [9.17, 15) is 9.59 Å². The average molecular weight is 265 g/mol. The van der Waals surface area contributed by atoms with Crippen molar-refractivity contribution in [1.82, 2.24) is 0 Å². The first kappa shape index (κ1) is 14.3. The highest BCUT2D eigenvalue weighted by Crippen LogP contribution is 2.17. The number of ether oxygens (including phenoxy) is 1. The van der Waals surface area contributed by atoms with E-state index in [0.29, 0.717) is 5.56 Å². The normalized spacial score (nSPS) is 12.8. The van der Waals surface area contributed by atoms with Crippen LogP contribution < -0.4 is 0 Å². The fraction of sp³-hybridized carbons (Fsp3) is 0.286. The number of benzene rings is 1. The van der Waals surface area contributed by atoms with Gasteiger partial charge in [0, 0.05) is 5.56 Å². The molecule has 0 aliphatic heterocycles. The number of rotatable bonds is 3. The van der Waals surface area contributed by atoms with Gasteiger partial charge in [0.2, 0.25) is 10.7 Å². The quantitative estimate of drug-likeness (QED) is 0.364. The molecule has 1 aromatic carbocycles. The minimum atomic E-state index is -1.75. The van der Waals surface area contributed by atoms with E-state index in [4.69, 9.17) is 16.3 Å². The first-order chi connectivity index (χ1) is 8.48. The van der Waals surface area contributed by atoms with Gasteiger partial charge in [-0.15, -0.1) is 0 Å². The molecule has 0 saturated carbocycles. The third-order valence-corrected chi connectivity index (χ3v) is 2.51. The molecule has 1 rings (SSSR count). The number of Topliss-reactive ketones (excluding diaryl/α,β-unsaturated/α-hetero) is 1. The Morgan fingerprint density at radius 3 is 2.50 bits per heavy atom. The maximum atomic E-state index is 11.7. The van der Waals surface area contributed by atoms with Gasteiger partial charge in [0.15, 0.2) is 0 Å². The fourth-order valence-corrected chi connectivity index (χ4v) is 1.23. The molecular formula is C14H13ClO3. The maximum absolute atomic E-state index is 11.7. The molecule has 0 heterocycles. The molecule has 0 amide bonds. The van der Waals surface area contributed by atoms with E-state index in [0.717, 1.165) is 0 Å². The fourth-order valence-electron chi connectivity index (χ4n) is 1.13. The molecule has 1 unspecified atom stereocenters. The van der Waals surface area contributed by atoms with E-state index in [1.54, 1.807) is 31.2 Å². The molecule has 0 aliphatic carbocycles. The Hall–Kier alpha value is -1.79. The minimum Gasteiger partial charge on any atom is -0.464 e. The number of hydrogen-bond acceptors (Lipinski definition) is 3. The Labute approximate surface area is 111 Å². The van der Waals surface area contributed by atoms with Crippen LogP contribution in [0.2, 0.25) is 0 Å². The van der Waals surface area contributed by atoms with Gasteiger partial charge in [-0.05, 0) is 31.9 Å². The summed E-state index contributed by atoms with van der Waals surface area (Å²) in [5, 5.41) is 0. The van der Waals surface area contributed by atoms with Gasteiger partial charge < -0.3 is 4.74 Å². The third-order valence-electron chi connectivity index (χ3n) is 2.18. The number of ketones is 1. The first-order valence-electron chi connectivity index (χ1n) is 5.46. The van der Waals surface area contributed by atoms with Crippen LogP contribution in [0.1, 0.15) is 19.4 Å². The van der Waals surface area contributed by atoms with Gasteiger partial charge >= 0.3 is 5.97 Å². The number of esters is 1. The Kier molecular flexibility index (Phi) is 4.94. The highest BCUT2D eigenvalue weighted by atomic mass is 35.5. The molecular weight excluding hydrogens is 252 g/mol. The lowest BCUT2D eigenvalue weighted by atomic mass is 10.1. The lowest BCUT2D eigenvalue weighted by molar-refractivity contribution is -0.147. The summed E-state index contributed by atoms with van der Waals surface area (Å²) in [6.45, 7) is 3.10. The van der Waals surface area contributed by atoms with E-state index >= 15 is 0 Å². The van der Waals surface area contributed by atoms with E-state index in [-0.39, 0.29) is 6.61 Å². The highest BCUT2D eigenvalue weighted by Gasteiger charge is 2.39. The first-order valence-corrected chi connectivity index (χ1v) is 5.84. The predicted molar refractivity (Wildman–Crippen MR) is 69.2 cm³/mol. The Bertz CT molecular complexity index is 495. The van der Waals surface area contributed by atoms with Crippen molar-refractivity contribution in [2.75, 3.05) is 6.61 Å². The van der Waals surface area contributed by atoms with Gasteiger partial charge in [-0.3, -0.25) is 4.79 Å². The molecule has 1 atom stereocenters. The zero-order valence-electron chi connectivity index (χ0n) is 10.2. The summed E-state index contributed by atoms with van der Waals surface area (Å²) in [7, 11) is 0. The van der Waals surface area contributed by atoms with E-state index < -0.39 is 16.6 Å². The summed E-state index contributed by atoms with van der Waals surface area (Å²) in [5.74, 6) is 3.56. The Morgan fingerprint density at radius 2 is 1.94 bits per heavy atom. The number of hydrogen-bond donors (Lipinski definition) is 0. The molecule has 94 valence electrons. The second-order valence-corrected chi connectivity index (χ2v) is 4.42. The van der Waals surface area contributed by atoms with Gasteiger partial charge in [-0.1, -0.05) is 35.7 Å². The van der Waals surface area contributed by atoms with Crippen molar-refractivity contribution >= 4 is 23.4 Å². The Balaban J connectivity index is 2.83. The molecule has 0 spiro atoms. The molecule has 18 heavy (non-hydrogen) atoms. The number of alkyl halides is 1. The van der Waals surface area contributed by atoms with Crippen LogP contribution in [0.25, 0.3) is 0 Å². The second kappa shape index (κ2) is 6.23. The van der Waals surface area contributed by atoms with Crippen LogP contribution in [-0.2, 0) is 14.3 Å². The number of halogens is 1. The van der Waals surface area contributed by atoms with Crippen LogP contribution in [0, 0.1) is 11.8 Å². The standard InChI is InChI=1S/C14H13ClO3/c1-3-18-13(17)14(2,15)12(16)10-9-11-7-5-4-6-8-11/h4-8H,3H2,1-2H3. The Morgan fingerprint density at radius 1 is 1.33 bits per heavy atom. The highest BCUT2D eigenvalue weighted by molar-refractivity contribution is 6.47. The van der Waals surface area contributed by atoms with Crippen molar-refractivity contribution in [2.45, 2.75) is 18.7 Å². The molecule has 0 bridgehead atoms. The maximum Gasteiger partial charge on any atom is 0.335 e. The molecule has 3 nitrogen and oxygen atoms in total. The van der Waals surface area contributed by atoms with Crippen molar-refractivity contribution in [1.29, 1.82) is 0 Å². The van der Waals surface area contributed by atoms with Crippen molar-refractivity contribution in [3.63, 3.8) is 0 Å². The summed E-state index contributed by atoms with van der Waals surface area (Å²) in [6, 6.07) is 8.98. The lowest BCUT2D eigenvalue weighted by Crippen LogP contribution is -2.38. The van der Waals surface area contributed by atoms with Crippen LogP contribution in [0.5, 0.6) is 0 Å². The van der Waals surface area contributed by atoms with Crippen molar-refractivity contribution in [3.05, 3.63) is 35.9 Å². The molecule has 0 aromatic heterocycles. The number of carbonyl (C=O) groups excluding carboxylic acids is 2. The van der Waals surface area contributed by atoms with Gasteiger partial charge in [-0.25, -0.2) is 4.79 Å². The smallest absolute Gasteiger partial charge is 0.335 e. The van der Waals surface area contributed by atoms with Crippen LogP contribution >= 0.6 is 11.6 Å². The topological polar surface area (TPSA) is 43.4 Å². The van der Waals surface area contributed by atoms with Crippen LogP contribution in [-0.4, -0.2) is 23.2 Å². The molecule has 0 N–H and O–H groups in total. The van der Waals surface area contributed by atoms with Crippen molar-refractivity contribution in [2.24, 2.45) is 0 Å². The van der Waals surface area contributed by atoms with Gasteiger partial charge in [-0.2, -0.15) is 0 Å². The summed E-state index contributed by atoms with van der Waals surface area (Å²) in [4.78, 5) is 21.5. The molecule has 0 fully saturated rings. The monoisotopic (exact) mass is 264 g/mol. The van der Waals surface area contributed by atoms with E-state index in [2.05, 4.69) is 11.8 Å². The van der Waals surface area contributed by atoms with Crippen molar-refractivity contribution < 1.29 is 14.3 Å². The van der Waals surface area contributed by atoms with Crippen LogP contribution in [0.15, 0.2) is 30.3 Å². The SMILES string of the molecule is CCOC(=O)C(C)(Cl)C(=O)C#Cc1ccccc1. The van der Waals surface area contributed by atoms with Gasteiger partial charge in [0.25, 0.3) is 0 Å². The predicted octanol–water partition coefficient (Wildman–Crippen LogP) is 2.17. The van der Waals surface area contributed by atoms with E-state index in [1.165, 1.54) is 6.92 Å². The molecule has 0 radical (unpaired) electrons. The van der Waals surface area contributed by atoms with Crippen LogP contribution in [0.3, 0.4) is 0 Å². The third kappa shape index (κ3) is 3.61. The summed E-state index contributed by atoms with van der Waals surface area (Å²) in [5.41, 5.74) is 0.683. The van der Waals surface area contributed by atoms with Gasteiger partial charge in [0.1, 0.15) is 0 Å². The van der Waals surface area contributed by atoms with Gasteiger partial charge in [0.05, 0.1) is 6.61 Å². The lowest BCUT2D eigenvalue weighted by Gasteiger charge is -2.14. The summed E-state index contributed by atoms with van der Waals surface area (Å²) < 4.78 is 4.72. The van der Waals surface area contributed by atoms with Crippen LogP contribution in [0.4, 0.5) is 0 Å². The van der Waals surface area contributed by atoms with E-state index in [1.807, 2.05) is 6.07 Å². The van der Waals surface area contributed by atoms with Crippen molar-refractivity contribution in [3.8, 4) is 11.8 Å². The number of carbonyl (C=O) groups is 2. The zero-order chi connectivity index (χ0) is 13.6. The molecule has 0 aliphatic rings. The zero-order valence-corrected chi connectivity index (χ0v) is 11.0. The minimum absolute atomic E-state index is 0.167. The summed E-state index contributed by atoms with van der Waals surface area (Å²) >= 11 is 5.86. The summed E-state index contributed by atoms with van der Waals surface area (Å²) in [6.07, 6.45) is 0. The molecule has 1 aromatic rings. The molecule has 0 saturated heterocycles. The average Bonchev–Trinajstić information content (AvgIpc) is 2.37. The molecule has 4 heteroatoms.